The number of carbonyl (C=O) groups excluding carboxylic acids is 1. The second-order valence-corrected chi connectivity index (χ2v) is 10.8. The molecule has 38 heavy (non-hydrogen) atoms. The zero-order chi connectivity index (χ0) is 27.0. The maximum Gasteiger partial charge on any atom is 0.410 e. The molecule has 0 radical (unpaired) electrons. The van der Waals surface area contributed by atoms with Crippen LogP contribution in [0.25, 0.3) is 16.9 Å². The lowest BCUT2D eigenvalue weighted by Crippen LogP contribution is -2.41. The van der Waals surface area contributed by atoms with E-state index in [0.717, 1.165) is 33.4 Å². The van der Waals surface area contributed by atoms with Gasteiger partial charge in [-0.3, -0.25) is 4.57 Å². The topological polar surface area (TPSA) is 96.1 Å². The van der Waals surface area contributed by atoms with E-state index in [1.165, 1.54) is 0 Å². The van der Waals surface area contributed by atoms with Crippen LogP contribution in [0.5, 0.6) is 0 Å². The molecule has 1 unspecified atom stereocenters. The molecule has 5 rings (SSSR count). The molecule has 1 aliphatic rings. The van der Waals surface area contributed by atoms with Crippen LogP contribution in [0.15, 0.2) is 54.6 Å². The Kier molecular flexibility index (Phi) is 6.53. The van der Waals surface area contributed by atoms with E-state index in [2.05, 4.69) is 30.4 Å². The number of hydrogen-bond acceptors (Lipinski definition) is 6. The number of nitriles is 1. The number of aryl methyl sites for hydroxylation is 1. The molecular weight excluding hydrogens is 476 g/mol. The molecule has 1 amide bonds. The Balaban J connectivity index is 1.61. The van der Waals surface area contributed by atoms with Gasteiger partial charge >= 0.3 is 6.09 Å². The average Bonchev–Trinajstić information content (AvgIpc) is 3.22. The fourth-order valence-electron chi connectivity index (χ4n) is 4.94. The molecule has 2 aromatic heterocycles. The minimum Gasteiger partial charge on any atom is -0.444 e. The summed E-state index contributed by atoms with van der Waals surface area (Å²) in [5.74, 6) is 1.20. The zero-order valence-corrected chi connectivity index (χ0v) is 22.4. The van der Waals surface area contributed by atoms with Crippen molar-refractivity contribution in [3.63, 3.8) is 0 Å². The summed E-state index contributed by atoms with van der Waals surface area (Å²) in [6.07, 6.45) is -0.343. The number of aromatic nitrogens is 3. The lowest BCUT2D eigenvalue weighted by molar-refractivity contribution is 0.0207. The van der Waals surface area contributed by atoms with Gasteiger partial charge in [0.1, 0.15) is 11.4 Å². The number of fused-ring (bicyclic) bond motifs is 2. The summed E-state index contributed by atoms with van der Waals surface area (Å²) in [7, 11) is 0. The average molecular weight is 509 g/mol. The first kappa shape index (κ1) is 25.3. The fraction of sp³-hybridized carbons (Fsp3) is 0.333. The first-order valence-corrected chi connectivity index (χ1v) is 12.8. The molecule has 0 fully saturated rings. The highest BCUT2D eigenvalue weighted by molar-refractivity contribution is 5.88. The molecule has 8 nitrogen and oxygen atoms in total. The Bertz CT molecular complexity index is 1550. The second kappa shape index (κ2) is 9.82. The van der Waals surface area contributed by atoms with Crippen molar-refractivity contribution in [2.24, 2.45) is 0 Å². The van der Waals surface area contributed by atoms with Crippen LogP contribution in [0.1, 0.15) is 61.7 Å². The summed E-state index contributed by atoms with van der Waals surface area (Å²) in [4.78, 5) is 24.7. The highest BCUT2D eigenvalue weighted by Crippen LogP contribution is 2.34. The number of amides is 1. The molecular formula is C30H32N6O2. The van der Waals surface area contributed by atoms with Crippen LogP contribution in [0, 0.1) is 18.3 Å². The van der Waals surface area contributed by atoms with Crippen LogP contribution in [-0.4, -0.2) is 37.7 Å². The van der Waals surface area contributed by atoms with E-state index in [4.69, 9.17) is 14.7 Å². The van der Waals surface area contributed by atoms with Crippen molar-refractivity contribution >= 4 is 22.8 Å². The molecule has 0 spiro atoms. The lowest BCUT2D eigenvalue weighted by Gasteiger charge is -2.34. The molecule has 0 saturated heterocycles. The Labute approximate surface area is 222 Å². The van der Waals surface area contributed by atoms with Gasteiger partial charge in [0.15, 0.2) is 0 Å². The second-order valence-electron chi connectivity index (χ2n) is 10.8. The quantitative estimate of drug-likeness (QED) is 0.360. The van der Waals surface area contributed by atoms with Crippen LogP contribution in [0.4, 0.5) is 10.6 Å². The summed E-state index contributed by atoms with van der Waals surface area (Å²) < 4.78 is 7.67. The van der Waals surface area contributed by atoms with Crippen molar-refractivity contribution in [2.75, 3.05) is 11.9 Å². The predicted molar refractivity (Wildman–Crippen MR) is 147 cm³/mol. The minimum absolute atomic E-state index is 0.0258. The summed E-state index contributed by atoms with van der Waals surface area (Å²) >= 11 is 0. The summed E-state index contributed by atoms with van der Waals surface area (Å²) in [5.41, 5.74) is 4.78. The fourth-order valence-corrected chi connectivity index (χ4v) is 4.94. The Morgan fingerprint density at radius 1 is 1.16 bits per heavy atom. The number of hydrogen-bond donors (Lipinski definition) is 1. The predicted octanol–water partition coefficient (Wildman–Crippen LogP) is 6.07. The number of anilines is 1. The molecule has 0 aliphatic carbocycles. The Morgan fingerprint density at radius 2 is 1.92 bits per heavy atom. The van der Waals surface area contributed by atoms with Crippen molar-refractivity contribution in [1.82, 2.24) is 19.4 Å². The van der Waals surface area contributed by atoms with Gasteiger partial charge in [0, 0.05) is 35.7 Å². The standard InChI is InChI=1S/C30H32N6O2/c1-19-17-35(29(37)38-30(3,4)5)18-24-26(19)33-28(34-27(24)32-16-21-10-7-6-8-11-21)36-20(2)14-23-22(15-31)12-9-13-25(23)36/h6-14,19H,16-18H2,1-5H3,(H,32,33,34). The van der Waals surface area contributed by atoms with Crippen LogP contribution in [0.2, 0.25) is 0 Å². The number of nitrogens with one attached hydrogen (secondary N) is 1. The lowest BCUT2D eigenvalue weighted by atomic mass is 9.97. The molecule has 0 saturated carbocycles. The molecule has 2 aromatic carbocycles. The van der Waals surface area contributed by atoms with E-state index in [9.17, 15) is 10.1 Å². The van der Waals surface area contributed by atoms with Crippen molar-refractivity contribution in [3.8, 4) is 12.0 Å². The Hall–Kier alpha value is -4.38. The normalized spacial score (nSPS) is 15.2. The molecule has 4 aromatic rings. The van der Waals surface area contributed by atoms with Crippen LogP contribution < -0.4 is 5.32 Å². The van der Waals surface area contributed by atoms with E-state index >= 15 is 0 Å². The summed E-state index contributed by atoms with van der Waals surface area (Å²) in [6, 6.07) is 20.1. The molecule has 1 N–H and O–H groups in total. The number of ether oxygens (including phenoxy) is 1. The van der Waals surface area contributed by atoms with E-state index in [-0.39, 0.29) is 12.0 Å². The van der Waals surface area contributed by atoms with Crippen molar-refractivity contribution in [1.29, 1.82) is 5.26 Å². The van der Waals surface area contributed by atoms with Crippen molar-refractivity contribution < 1.29 is 9.53 Å². The van der Waals surface area contributed by atoms with Crippen LogP contribution in [0.3, 0.4) is 0 Å². The van der Waals surface area contributed by atoms with Gasteiger partial charge in [-0.05, 0) is 51.5 Å². The van der Waals surface area contributed by atoms with Gasteiger partial charge in [-0.25, -0.2) is 9.78 Å². The first-order chi connectivity index (χ1) is 18.1. The number of carbonyl (C=O) groups is 1. The van der Waals surface area contributed by atoms with E-state index in [1.54, 1.807) is 4.90 Å². The molecule has 1 aliphatic heterocycles. The van der Waals surface area contributed by atoms with Gasteiger partial charge in [-0.2, -0.15) is 10.2 Å². The van der Waals surface area contributed by atoms with E-state index < -0.39 is 5.60 Å². The molecule has 0 bridgehead atoms. The van der Waals surface area contributed by atoms with Gasteiger partial charge in [-0.15, -0.1) is 0 Å². The van der Waals surface area contributed by atoms with Crippen LogP contribution in [-0.2, 0) is 17.8 Å². The monoisotopic (exact) mass is 508 g/mol. The van der Waals surface area contributed by atoms with Gasteiger partial charge in [0.25, 0.3) is 0 Å². The van der Waals surface area contributed by atoms with Gasteiger partial charge < -0.3 is 15.0 Å². The van der Waals surface area contributed by atoms with Crippen LogP contribution >= 0.6 is 0 Å². The number of benzene rings is 2. The van der Waals surface area contributed by atoms with E-state index in [0.29, 0.717) is 37.0 Å². The minimum atomic E-state index is -0.579. The third-order valence-corrected chi connectivity index (χ3v) is 6.64. The SMILES string of the molecule is Cc1cc2c(C#N)cccc2n1-c1nc(NCc2ccccc2)c2c(n1)C(C)CN(C(=O)OC(C)(C)C)C2. The van der Waals surface area contributed by atoms with Gasteiger partial charge in [0.2, 0.25) is 5.95 Å². The number of nitrogens with zero attached hydrogens (tertiary/aromatic N) is 5. The molecule has 8 heteroatoms. The van der Waals surface area contributed by atoms with Crippen molar-refractivity contribution in [3.05, 3.63) is 82.7 Å². The molecule has 1 atom stereocenters. The third kappa shape index (κ3) is 4.92. The highest BCUT2D eigenvalue weighted by atomic mass is 16.6. The zero-order valence-electron chi connectivity index (χ0n) is 22.4. The molecule has 3 heterocycles. The maximum atomic E-state index is 13.0. The summed E-state index contributed by atoms with van der Waals surface area (Å²) in [6.45, 7) is 11.1. The smallest absolute Gasteiger partial charge is 0.410 e. The number of rotatable bonds is 4. The van der Waals surface area contributed by atoms with E-state index in [1.807, 2.05) is 74.7 Å². The third-order valence-electron chi connectivity index (χ3n) is 6.64. The highest BCUT2D eigenvalue weighted by Gasteiger charge is 2.33. The van der Waals surface area contributed by atoms with Gasteiger partial charge in [0.05, 0.1) is 29.4 Å². The maximum absolute atomic E-state index is 13.0. The molecule has 194 valence electrons. The largest absolute Gasteiger partial charge is 0.444 e. The van der Waals surface area contributed by atoms with Crippen molar-refractivity contribution in [2.45, 2.75) is 59.2 Å². The van der Waals surface area contributed by atoms with Gasteiger partial charge in [-0.1, -0.05) is 43.3 Å². The summed E-state index contributed by atoms with van der Waals surface area (Å²) in [5, 5.41) is 14.0. The first-order valence-electron chi connectivity index (χ1n) is 12.8. The Morgan fingerprint density at radius 3 is 2.63 bits per heavy atom.